The lowest BCUT2D eigenvalue weighted by Crippen LogP contribution is -2.50. The third-order valence-electron chi connectivity index (χ3n) is 7.56. The van der Waals surface area contributed by atoms with Crippen LogP contribution in [0.4, 0.5) is 10.9 Å². The maximum Gasteiger partial charge on any atom is 0.350 e. The highest BCUT2D eigenvalue weighted by Crippen LogP contribution is 2.35. The first-order valence-corrected chi connectivity index (χ1v) is 15.3. The topological polar surface area (TPSA) is 120 Å². The summed E-state index contributed by atoms with van der Waals surface area (Å²) in [7, 11) is 2.11. The molecule has 2 saturated heterocycles. The number of carbonyl (C=O) groups excluding carboxylic acids is 2. The van der Waals surface area contributed by atoms with E-state index in [-0.39, 0.29) is 35.2 Å². The molecule has 2 atom stereocenters. The minimum atomic E-state index is -0.428. The van der Waals surface area contributed by atoms with Gasteiger partial charge >= 0.3 is 5.97 Å². The molecular formula is C27H34Cl2N8O3S. The fourth-order valence-electron chi connectivity index (χ4n) is 5.10. The van der Waals surface area contributed by atoms with Crippen molar-refractivity contribution in [3.05, 3.63) is 38.7 Å². The van der Waals surface area contributed by atoms with Crippen molar-refractivity contribution in [2.75, 3.05) is 62.7 Å². The number of aryl methyl sites for hydroxylation is 1. The fraction of sp³-hybridized carbons (Fsp3) is 0.519. The van der Waals surface area contributed by atoms with Crippen LogP contribution in [-0.2, 0) is 4.74 Å². The Hall–Kier alpha value is -2.93. The van der Waals surface area contributed by atoms with Gasteiger partial charge in [0.25, 0.3) is 5.91 Å². The second-order valence-electron chi connectivity index (χ2n) is 10.5. The molecule has 0 aromatic carbocycles. The number of piperidine rings is 1. The number of ether oxygens (including phenoxy) is 1. The van der Waals surface area contributed by atoms with Gasteiger partial charge in [-0.3, -0.25) is 4.79 Å². The van der Waals surface area contributed by atoms with E-state index in [1.165, 1.54) is 11.3 Å². The van der Waals surface area contributed by atoms with Gasteiger partial charge < -0.3 is 29.7 Å². The van der Waals surface area contributed by atoms with Crippen LogP contribution in [0.1, 0.15) is 46.1 Å². The number of nitrogens with zero attached hydrogens (tertiary/aromatic N) is 6. The van der Waals surface area contributed by atoms with Crippen LogP contribution in [0.25, 0.3) is 11.4 Å². The van der Waals surface area contributed by atoms with Gasteiger partial charge in [0.1, 0.15) is 27.8 Å². The number of amides is 1. The van der Waals surface area contributed by atoms with Crippen molar-refractivity contribution in [1.82, 2.24) is 30.2 Å². The smallest absolute Gasteiger partial charge is 0.350 e. The van der Waals surface area contributed by atoms with E-state index in [2.05, 4.69) is 48.9 Å². The summed E-state index contributed by atoms with van der Waals surface area (Å²) in [6.45, 7) is 10.9. The molecule has 2 N–H and O–H groups in total. The van der Waals surface area contributed by atoms with Crippen LogP contribution in [-0.4, -0.2) is 95.7 Å². The highest BCUT2D eigenvalue weighted by Gasteiger charge is 2.32. The molecule has 0 unspecified atom stereocenters. The largest absolute Gasteiger partial charge is 0.462 e. The Bertz CT molecular complexity index is 1400. The van der Waals surface area contributed by atoms with Gasteiger partial charge in [0, 0.05) is 51.0 Å². The SMILES string of the molecule is CCOC(=O)c1sc(N2CC[C@@H](NC(=O)c3[nH]c(C)c(Cl)c3Cl)[C@@H](C)C2)nc1-c1cnc(N2CCN(C)CC2)cn1. The second kappa shape index (κ2) is 12.5. The van der Waals surface area contributed by atoms with Gasteiger partial charge in [0.15, 0.2) is 5.13 Å². The predicted octanol–water partition coefficient (Wildman–Crippen LogP) is 4.12. The molecular weight excluding hydrogens is 587 g/mol. The van der Waals surface area contributed by atoms with Gasteiger partial charge in [0.05, 0.1) is 29.0 Å². The van der Waals surface area contributed by atoms with E-state index in [4.69, 9.17) is 32.9 Å². The van der Waals surface area contributed by atoms with Crippen molar-refractivity contribution in [2.24, 2.45) is 5.92 Å². The standard InChI is InChI=1S/C27H34Cl2N8O3S/c1-5-40-26(39)24-22(18-12-31-19(13-30-18)36-10-8-35(4)9-11-36)34-27(41-24)37-7-6-17(15(2)14-37)33-25(38)23-21(29)20(28)16(3)32-23/h12-13,15,17,32H,5-11,14H2,1-4H3,(H,33,38)/t15-,17+/m0/s1. The highest BCUT2D eigenvalue weighted by atomic mass is 35.5. The van der Waals surface area contributed by atoms with Crippen LogP contribution in [0, 0.1) is 12.8 Å². The maximum absolute atomic E-state index is 12.9. The first-order chi connectivity index (χ1) is 19.7. The lowest BCUT2D eigenvalue weighted by atomic mass is 9.94. The van der Waals surface area contributed by atoms with Crippen molar-refractivity contribution >= 4 is 57.4 Å². The molecule has 1 amide bonds. The highest BCUT2D eigenvalue weighted by molar-refractivity contribution is 7.17. The summed E-state index contributed by atoms with van der Waals surface area (Å²) in [4.78, 5) is 49.9. The number of esters is 1. The summed E-state index contributed by atoms with van der Waals surface area (Å²) >= 11 is 13.7. The first kappa shape index (κ1) is 29.6. The second-order valence-corrected chi connectivity index (χ2v) is 12.2. The van der Waals surface area contributed by atoms with E-state index in [0.29, 0.717) is 51.6 Å². The molecule has 0 spiro atoms. The molecule has 3 aromatic heterocycles. The van der Waals surface area contributed by atoms with Crippen molar-refractivity contribution in [3.8, 4) is 11.4 Å². The number of piperazine rings is 1. The molecule has 2 aliphatic rings. The summed E-state index contributed by atoms with van der Waals surface area (Å²) in [6.07, 6.45) is 4.12. The number of thiazole rings is 1. The Morgan fingerprint density at radius 1 is 1.12 bits per heavy atom. The van der Waals surface area contributed by atoms with Crippen LogP contribution in [0.2, 0.25) is 10.0 Å². The van der Waals surface area contributed by atoms with Crippen LogP contribution < -0.4 is 15.1 Å². The number of hydrogen-bond donors (Lipinski definition) is 2. The predicted molar refractivity (Wildman–Crippen MR) is 162 cm³/mol. The quantitative estimate of drug-likeness (QED) is 0.376. The van der Waals surface area contributed by atoms with Gasteiger partial charge in [-0.05, 0) is 33.2 Å². The van der Waals surface area contributed by atoms with Crippen molar-refractivity contribution in [3.63, 3.8) is 0 Å². The number of hydrogen-bond acceptors (Lipinski definition) is 10. The maximum atomic E-state index is 12.9. The molecule has 5 heterocycles. The van der Waals surface area contributed by atoms with Crippen molar-refractivity contribution in [1.29, 1.82) is 0 Å². The monoisotopic (exact) mass is 620 g/mol. The lowest BCUT2D eigenvalue weighted by Gasteiger charge is -2.37. The Balaban J connectivity index is 1.31. The zero-order chi connectivity index (χ0) is 29.3. The summed E-state index contributed by atoms with van der Waals surface area (Å²) in [6, 6.07) is -0.0610. The Labute approximate surface area is 253 Å². The molecule has 11 nitrogen and oxygen atoms in total. The molecule has 0 saturated carbocycles. The number of H-pyrrole nitrogens is 1. The van der Waals surface area contributed by atoms with Gasteiger partial charge in [-0.15, -0.1) is 0 Å². The van der Waals surface area contributed by atoms with Gasteiger partial charge in [-0.1, -0.05) is 41.5 Å². The average Bonchev–Trinajstić information content (AvgIpc) is 3.52. The third kappa shape index (κ3) is 6.30. The molecule has 0 aliphatic carbocycles. The molecule has 5 rings (SSSR count). The zero-order valence-electron chi connectivity index (χ0n) is 23.5. The number of aromatic amines is 1. The molecule has 14 heteroatoms. The molecule has 2 aliphatic heterocycles. The van der Waals surface area contributed by atoms with Crippen molar-refractivity contribution in [2.45, 2.75) is 33.2 Å². The molecule has 0 radical (unpaired) electrons. The molecule has 220 valence electrons. The molecule has 41 heavy (non-hydrogen) atoms. The Kier molecular flexibility index (Phi) is 9.03. The number of anilines is 2. The number of halogens is 2. The van der Waals surface area contributed by atoms with E-state index < -0.39 is 5.97 Å². The minimum Gasteiger partial charge on any atom is -0.462 e. The minimum absolute atomic E-state index is 0.0610. The normalized spacial score (nSPS) is 19.9. The number of nitrogens with one attached hydrogen (secondary N) is 2. The van der Waals surface area contributed by atoms with Crippen LogP contribution in [0.5, 0.6) is 0 Å². The van der Waals surface area contributed by atoms with Gasteiger partial charge in [0.2, 0.25) is 0 Å². The third-order valence-corrected chi connectivity index (χ3v) is 9.60. The van der Waals surface area contributed by atoms with E-state index in [0.717, 1.165) is 32.0 Å². The van der Waals surface area contributed by atoms with Crippen LogP contribution >= 0.6 is 34.5 Å². The van der Waals surface area contributed by atoms with E-state index in [9.17, 15) is 9.59 Å². The zero-order valence-corrected chi connectivity index (χ0v) is 25.9. The summed E-state index contributed by atoms with van der Waals surface area (Å²) < 4.78 is 5.34. The van der Waals surface area contributed by atoms with Crippen LogP contribution in [0.15, 0.2) is 12.4 Å². The van der Waals surface area contributed by atoms with Crippen LogP contribution in [0.3, 0.4) is 0 Å². The summed E-state index contributed by atoms with van der Waals surface area (Å²) in [5.74, 6) is 0.211. The Morgan fingerprint density at radius 3 is 2.49 bits per heavy atom. The van der Waals surface area contributed by atoms with Gasteiger partial charge in [-0.25, -0.2) is 19.7 Å². The number of rotatable bonds is 7. The fourth-order valence-corrected chi connectivity index (χ4v) is 6.52. The molecule has 2 fully saturated rings. The van der Waals surface area contributed by atoms with E-state index >= 15 is 0 Å². The number of aromatic nitrogens is 4. The number of likely N-dealkylation sites (N-methyl/N-ethyl adjacent to an activating group) is 1. The summed E-state index contributed by atoms with van der Waals surface area (Å²) in [5, 5.41) is 4.39. The van der Waals surface area contributed by atoms with Crippen molar-refractivity contribution < 1.29 is 14.3 Å². The molecule has 3 aromatic rings. The van der Waals surface area contributed by atoms with Gasteiger partial charge in [-0.2, -0.15) is 0 Å². The number of carbonyl (C=O) groups is 2. The molecule has 0 bridgehead atoms. The Morgan fingerprint density at radius 2 is 1.88 bits per heavy atom. The average molecular weight is 622 g/mol. The summed E-state index contributed by atoms with van der Waals surface area (Å²) in [5.41, 5.74) is 1.92. The van der Waals surface area contributed by atoms with E-state index in [1.54, 1.807) is 26.2 Å². The lowest BCUT2D eigenvalue weighted by molar-refractivity contribution is 0.0532. The first-order valence-electron chi connectivity index (χ1n) is 13.7. The van der Waals surface area contributed by atoms with E-state index in [1.807, 2.05) is 0 Å².